The van der Waals surface area contributed by atoms with Crippen molar-refractivity contribution in [2.75, 3.05) is 5.32 Å². The van der Waals surface area contributed by atoms with Crippen molar-refractivity contribution in [2.45, 2.75) is 13.7 Å². The largest absolute Gasteiger partial charge is 0.471 e. The minimum absolute atomic E-state index is 0.101. The maximum absolute atomic E-state index is 12.7. The normalized spacial score (nSPS) is 10.6. The van der Waals surface area contributed by atoms with Gasteiger partial charge in [0.2, 0.25) is 0 Å². The summed E-state index contributed by atoms with van der Waals surface area (Å²) in [7, 11) is 0. The molecule has 0 spiro atoms. The molecule has 0 fully saturated rings. The van der Waals surface area contributed by atoms with Crippen LogP contribution in [0.4, 0.5) is 11.4 Å². The van der Waals surface area contributed by atoms with Crippen LogP contribution in [0.5, 0.6) is 17.2 Å². The van der Waals surface area contributed by atoms with Gasteiger partial charge in [0, 0.05) is 27.8 Å². The van der Waals surface area contributed by atoms with E-state index in [0.29, 0.717) is 16.5 Å². The zero-order valence-electron chi connectivity index (χ0n) is 18.3. The van der Waals surface area contributed by atoms with Crippen LogP contribution >= 0.6 is 27.5 Å². The monoisotopic (exact) mass is 556 g/mol. The van der Waals surface area contributed by atoms with Crippen LogP contribution < -0.4 is 14.8 Å². The summed E-state index contributed by atoms with van der Waals surface area (Å²) in [5.41, 5.74) is 0.858. The molecule has 0 aliphatic heterocycles. The highest BCUT2D eigenvalue weighted by Gasteiger charge is 2.16. The van der Waals surface area contributed by atoms with Crippen LogP contribution in [-0.2, 0) is 6.73 Å². The molecule has 1 heterocycles. The van der Waals surface area contributed by atoms with Crippen molar-refractivity contribution in [3.05, 3.63) is 104 Å². The first-order chi connectivity index (χ1) is 16.8. The van der Waals surface area contributed by atoms with E-state index < -0.39 is 10.8 Å². The maximum atomic E-state index is 12.7. The van der Waals surface area contributed by atoms with E-state index in [4.69, 9.17) is 21.1 Å². The molecule has 0 saturated carbocycles. The van der Waals surface area contributed by atoms with E-state index in [1.807, 2.05) is 19.1 Å². The van der Waals surface area contributed by atoms with E-state index in [1.165, 1.54) is 28.9 Å². The molecule has 178 valence electrons. The zero-order chi connectivity index (χ0) is 24.9. The molecule has 4 aromatic rings. The van der Waals surface area contributed by atoms with Crippen LogP contribution in [0, 0.1) is 17.0 Å². The van der Waals surface area contributed by atoms with E-state index in [0.717, 1.165) is 10.0 Å². The number of nitro groups is 1. The second-order valence-corrected chi connectivity index (χ2v) is 8.73. The number of carbonyl (C=O) groups is 1. The van der Waals surface area contributed by atoms with Crippen molar-refractivity contribution in [1.29, 1.82) is 0 Å². The molecule has 9 nitrogen and oxygen atoms in total. The highest BCUT2D eigenvalue weighted by atomic mass is 79.9. The number of ether oxygens (including phenoxy) is 2. The predicted molar refractivity (Wildman–Crippen MR) is 134 cm³/mol. The molecule has 1 N–H and O–H groups in total. The second kappa shape index (κ2) is 10.6. The van der Waals surface area contributed by atoms with E-state index in [2.05, 4.69) is 26.3 Å². The van der Waals surface area contributed by atoms with Crippen molar-refractivity contribution >= 4 is 44.8 Å². The van der Waals surface area contributed by atoms with Gasteiger partial charge in [-0.25, -0.2) is 4.68 Å². The Morgan fingerprint density at radius 3 is 2.54 bits per heavy atom. The van der Waals surface area contributed by atoms with Gasteiger partial charge in [-0.3, -0.25) is 14.9 Å². The molecule has 0 atom stereocenters. The van der Waals surface area contributed by atoms with Gasteiger partial charge >= 0.3 is 0 Å². The van der Waals surface area contributed by atoms with Crippen LogP contribution in [-0.4, -0.2) is 20.6 Å². The van der Waals surface area contributed by atoms with Gasteiger partial charge in [0.05, 0.1) is 16.7 Å². The molecule has 11 heteroatoms. The van der Waals surface area contributed by atoms with E-state index in [-0.39, 0.29) is 29.5 Å². The number of hydrogen-bond acceptors (Lipinski definition) is 6. The van der Waals surface area contributed by atoms with E-state index in [1.54, 1.807) is 36.5 Å². The second-order valence-electron chi connectivity index (χ2n) is 7.41. The zero-order valence-corrected chi connectivity index (χ0v) is 20.6. The standard InChI is InChI=1S/C24H18BrClN4O5/c1-15-10-20(6-7-22(15)26)35-21-12-17(11-18(13-21)30(32)33)27-24(31)23-8-9-29(28-23)14-34-19-4-2-16(25)3-5-19/h2-13H,14H2,1H3,(H,27,31). The highest BCUT2D eigenvalue weighted by Crippen LogP contribution is 2.31. The van der Waals surface area contributed by atoms with Crippen LogP contribution in [0.25, 0.3) is 0 Å². The smallest absolute Gasteiger partial charge is 0.276 e. The molecule has 0 radical (unpaired) electrons. The number of rotatable bonds is 8. The van der Waals surface area contributed by atoms with Crippen molar-refractivity contribution in [3.8, 4) is 17.2 Å². The number of halogens is 2. The van der Waals surface area contributed by atoms with Crippen molar-refractivity contribution < 1.29 is 19.2 Å². The van der Waals surface area contributed by atoms with Crippen molar-refractivity contribution in [2.24, 2.45) is 0 Å². The summed E-state index contributed by atoms with van der Waals surface area (Å²) in [6, 6.07) is 17.8. The number of hydrogen-bond donors (Lipinski definition) is 1. The van der Waals surface area contributed by atoms with Gasteiger partial charge in [0.25, 0.3) is 11.6 Å². The maximum Gasteiger partial charge on any atom is 0.276 e. The first-order valence-corrected chi connectivity index (χ1v) is 11.4. The number of benzene rings is 3. The number of nitrogens with one attached hydrogen (secondary N) is 1. The Labute approximate surface area is 213 Å². The van der Waals surface area contributed by atoms with Crippen LogP contribution in [0.15, 0.2) is 77.4 Å². The first-order valence-electron chi connectivity index (χ1n) is 10.2. The van der Waals surface area contributed by atoms with Gasteiger partial charge < -0.3 is 14.8 Å². The molecule has 0 saturated heterocycles. The van der Waals surface area contributed by atoms with Crippen molar-refractivity contribution in [3.63, 3.8) is 0 Å². The van der Waals surface area contributed by atoms with E-state index >= 15 is 0 Å². The van der Waals surface area contributed by atoms with Crippen LogP contribution in [0.1, 0.15) is 16.1 Å². The van der Waals surface area contributed by atoms with Crippen molar-refractivity contribution in [1.82, 2.24) is 9.78 Å². The molecule has 3 aromatic carbocycles. The highest BCUT2D eigenvalue weighted by molar-refractivity contribution is 9.10. The Bertz CT molecular complexity index is 1390. The lowest BCUT2D eigenvalue weighted by Gasteiger charge is -2.10. The minimum atomic E-state index is -0.566. The molecule has 0 aliphatic rings. The predicted octanol–water partition coefficient (Wildman–Crippen LogP) is 6.60. The number of non-ortho nitro benzene ring substituents is 1. The average molecular weight is 558 g/mol. The molecule has 1 aromatic heterocycles. The number of aryl methyl sites for hydroxylation is 1. The number of nitro benzene ring substituents is 1. The molecule has 0 unspecified atom stereocenters. The fourth-order valence-electron chi connectivity index (χ4n) is 3.06. The molecule has 35 heavy (non-hydrogen) atoms. The summed E-state index contributed by atoms with van der Waals surface area (Å²) in [6.45, 7) is 1.92. The van der Waals surface area contributed by atoms with Gasteiger partial charge in [-0.1, -0.05) is 27.5 Å². The van der Waals surface area contributed by atoms with Gasteiger partial charge in [-0.2, -0.15) is 5.10 Å². The first kappa shape index (κ1) is 24.2. The Morgan fingerprint density at radius 1 is 1.09 bits per heavy atom. The van der Waals surface area contributed by atoms with E-state index in [9.17, 15) is 14.9 Å². The van der Waals surface area contributed by atoms with Gasteiger partial charge in [0.15, 0.2) is 12.4 Å². The average Bonchev–Trinajstić information content (AvgIpc) is 3.30. The van der Waals surface area contributed by atoms with Gasteiger partial charge in [0.1, 0.15) is 17.2 Å². The third-order valence-corrected chi connectivity index (χ3v) is 5.73. The third-order valence-electron chi connectivity index (χ3n) is 4.78. The SMILES string of the molecule is Cc1cc(Oc2cc(NC(=O)c3ccn(COc4ccc(Br)cc4)n3)cc([N+](=O)[O-])c2)ccc1Cl. The Kier molecular flexibility index (Phi) is 7.33. The molecule has 1 amide bonds. The van der Waals surface area contributed by atoms with Crippen LogP contribution in [0.3, 0.4) is 0 Å². The molecule has 4 rings (SSSR count). The van der Waals surface area contributed by atoms with Crippen LogP contribution in [0.2, 0.25) is 5.02 Å². The van der Waals surface area contributed by atoms with Gasteiger partial charge in [-0.15, -0.1) is 0 Å². The molecule has 0 bridgehead atoms. The fourth-order valence-corrected chi connectivity index (χ4v) is 3.44. The lowest BCUT2D eigenvalue weighted by molar-refractivity contribution is -0.384. The molecular weight excluding hydrogens is 540 g/mol. The van der Waals surface area contributed by atoms with Gasteiger partial charge in [-0.05, 0) is 61.0 Å². The number of carbonyl (C=O) groups excluding carboxylic acids is 1. The summed E-state index contributed by atoms with van der Waals surface area (Å²) in [5, 5.41) is 18.8. The third kappa shape index (κ3) is 6.37. The fraction of sp³-hybridized carbons (Fsp3) is 0.0833. The Hall–Kier alpha value is -3.89. The summed E-state index contributed by atoms with van der Waals surface area (Å²) >= 11 is 9.40. The summed E-state index contributed by atoms with van der Waals surface area (Å²) in [4.78, 5) is 23.6. The summed E-state index contributed by atoms with van der Waals surface area (Å²) < 4.78 is 13.8. The Balaban J connectivity index is 1.46. The minimum Gasteiger partial charge on any atom is -0.471 e. The molecule has 0 aliphatic carbocycles. The summed E-state index contributed by atoms with van der Waals surface area (Å²) in [5.74, 6) is 0.745. The number of amides is 1. The number of anilines is 1. The number of nitrogens with zero attached hydrogens (tertiary/aromatic N) is 3. The topological polar surface area (TPSA) is 109 Å². The number of aromatic nitrogens is 2. The summed E-state index contributed by atoms with van der Waals surface area (Å²) in [6.07, 6.45) is 1.60. The lowest BCUT2D eigenvalue weighted by atomic mass is 10.2. The molecular formula is C24H18BrClN4O5. The quantitative estimate of drug-likeness (QED) is 0.193. The lowest BCUT2D eigenvalue weighted by Crippen LogP contribution is -2.14. The Morgan fingerprint density at radius 2 is 1.83 bits per heavy atom.